The molecule has 0 saturated carbocycles. The summed E-state index contributed by atoms with van der Waals surface area (Å²) in [6.45, 7) is 7.90. The lowest BCUT2D eigenvalue weighted by Crippen LogP contribution is -2.47. The maximum atomic E-state index is 12.5. The van der Waals surface area contributed by atoms with Crippen molar-refractivity contribution >= 4 is 17.4 Å². The van der Waals surface area contributed by atoms with Gasteiger partial charge in [0.05, 0.1) is 0 Å². The number of hydrogen-bond donors (Lipinski definition) is 0. The number of hydrogen-bond acceptors (Lipinski definition) is 6. The number of piperidine rings is 1. The van der Waals surface area contributed by atoms with Crippen molar-refractivity contribution in [2.24, 2.45) is 5.92 Å². The van der Waals surface area contributed by atoms with Crippen molar-refractivity contribution in [3.05, 3.63) is 18.0 Å². The van der Waals surface area contributed by atoms with E-state index in [0.29, 0.717) is 12.8 Å². The zero-order valence-electron chi connectivity index (χ0n) is 16.3. The van der Waals surface area contributed by atoms with E-state index >= 15 is 0 Å². The van der Waals surface area contributed by atoms with Crippen molar-refractivity contribution in [3.63, 3.8) is 0 Å². The summed E-state index contributed by atoms with van der Waals surface area (Å²) in [5, 5.41) is 13.3. The van der Waals surface area contributed by atoms with E-state index in [4.69, 9.17) is 5.10 Å². The minimum absolute atomic E-state index is 0.195. The van der Waals surface area contributed by atoms with Gasteiger partial charge in [-0.25, -0.2) is 0 Å². The Morgan fingerprint density at radius 2 is 1.81 bits per heavy atom. The van der Waals surface area contributed by atoms with Crippen molar-refractivity contribution in [1.29, 1.82) is 0 Å². The highest BCUT2D eigenvalue weighted by atomic mass is 16.2. The third-order valence-electron chi connectivity index (χ3n) is 5.84. The normalized spacial score (nSPS) is 19.8. The first-order valence-electron chi connectivity index (χ1n) is 10.0. The van der Waals surface area contributed by atoms with Crippen LogP contribution in [0.1, 0.15) is 32.0 Å². The van der Waals surface area contributed by atoms with Gasteiger partial charge in [0.15, 0.2) is 11.5 Å². The summed E-state index contributed by atoms with van der Waals surface area (Å²) in [7, 11) is 2.09. The summed E-state index contributed by atoms with van der Waals surface area (Å²) < 4.78 is 1.81. The number of anilines is 1. The average molecular weight is 371 g/mol. The highest BCUT2D eigenvalue weighted by Crippen LogP contribution is 2.21. The van der Waals surface area contributed by atoms with E-state index in [1.54, 1.807) is 0 Å². The average Bonchev–Trinajstić information content (AvgIpc) is 3.09. The first-order chi connectivity index (χ1) is 13.1. The Hall–Kier alpha value is -2.22. The Morgan fingerprint density at radius 1 is 1.07 bits per heavy atom. The summed E-state index contributed by atoms with van der Waals surface area (Å²) in [5.74, 6) is 2.72. The number of aryl methyl sites for hydroxylation is 1. The highest BCUT2D eigenvalue weighted by molar-refractivity contribution is 5.76. The molecule has 2 aromatic heterocycles. The summed E-state index contributed by atoms with van der Waals surface area (Å²) in [6, 6.07) is 4.00. The van der Waals surface area contributed by atoms with Gasteiger partial charge in [0, 0.05) is 52.1 Å². The molecule has 0 atom stereocenters. The van der Waals surface area contributed by atoms with E-state index in [2.05, 4.69) is 34.0 Å². The van der Waals surface area contributed by atoms with E-state index in [1.807, 2.05) is 21.5 Å². The molecule has 0 radical (unpaired) electrons. The molecule has 8 nitrogen and oxygen atoms in total. The molecule has 0 aromatic carbocycles. The van der Waals surface area contributed by atoms with Crippen LogP contribution in [0.2, 0.25) is 0 Å². The molecule has 1 amide bonds. The van der Waals surface area contributed by atoms with Gasteiger partial charge in [-0.2, -0.15) is 4.52 Å². The predicted molar refractivity (Wildman–Crippen MR) is 104 cm³/mol. The molecule has 0 N–H and O–H groups in total. The number of carbonyl (C=O) groups is 1. The molecule has 146 valence electrons. The number of piperazine rings is 1. The lowest BCUT2D eigenvalue weighted by atomic mass is 9.99. The van der Waals surface area contributed by atoms with Gasteiger partial charge < -0.3 is 14.7 Å². The quantitative estimate of drug-likeness (QED) is 0.801. The van der Waals surface area contributed by atoms with Crippen LogP contribution in [-0.4, -0.2) is 81.8 Å². The van der Waals surface area contributed by atoms with Gasteiger partial charge in [0.1, 0.15) is 5.82 Å². The molecule has 8 heteroatoms. The molecule has 4 rings (SSSR count). The number of nitrogens with zero attached hydrogens (tertiary/aromatic N) is 7. The van der Waals surface area contributed by atoms with Gasteiger partial charge >= 0.3 is 0 Å². The Labute approximate surface area is 160 Å². The molecule has 2 aromatic rings. The van der Waals surface area contributed by atoms with Crippen molar-refractivity contribution in [2.75, 3.05) is 51.2 Å². The SMILES string of the molecule is CC1CCN(c2ccc3nnc(CCC(=O)N4CCN(C)CC4)n3n2)CC1. The van der Waals surface area contributed by atoms with Crippen LogP contribution < -0.4 is 4.90 Å². The van der Waals surface area contributed by atoms with Crippen LogP contribution in [0.3, 0.4) is 0 Å². The number of amides is 1. The maximum absolute atomic E-state index is 12.5. The van der Waals surface area contributed by atoms with Crippen molar-refractivity contribution < 1.29 is 4.79 Å². The van der Waals surface area contributed by atoms with Gasteiger partial charge in [-0.15, -0.1) is 15.3 Å². The monoisotopic (exact) mass is 371 g/mol. The minimum atomic E-state index is 0.195. The standard InChI is InChI=1S/C19H29N7O/c1-15-7-9-24(10-8-15)18-4-3-16-20-21-17(26(16)22-18)5-6-19(27)25-13-11-23(2)12-14-25/h3-4,15H,5-14H2,1-2H3. The van der Waals surface area contributed by atoms with Crippen molar-refractivity contribution in [3.8, 4) is 0 Å². The van der Waals surface area contributed by atoms with E-state index < -0.39 is 0 Å². The Bertz CT molecular complexity index is 788. The molecule has 2 aliphatic rings. The smallest absolute Gasteiger partial charge is 0.223 e. The number of likely N-dealkylation sites (N-methyl/N-ethyl adjacent to an activating group) is 1. The molecular weight excluding hydrogens is 342 g/mol. The fraction of sp³-hybridized carbons (Fsp3) is 0.684. The fourth-order valence-electron chi connectivity index (χ4n) is 3.82. The van der Waals surface area contributed by atoms with Crippen LogP contribution in [0.4, 0.5) is 5.82 Å². The van der Waals surface area contributed by atoms with E-state index in [-0.39, 0.29) is 5.91 Å². The third-order valence-corrected chi connectivity index (χ3v) is 5.84. The molecule has 0 bridgehead atoms. The van der Waals surface area contributed by atoms with E-state index in [1.165, 1.54) is 12.8 Å². The molecule has 0 unspecified atom stereocenters. The lowest BCUT2D eigenvalue weighted by Gasteiger charge is -2.32. The number of aromatic nitrogens is 4. The second kappa shape index (κ2) is 7.80. The summed E-state index contributed by atoms with van der Waals surface area (Å²) in [4.78, 5) is 19.0. The Morgan fingerprint density at radius 3 is 2.56 bits per heavy atom. The van der Waals surface area contributed by atoms with E-state index in [0.717, 1.165) is 62.5 Å². The summed E-state index contributed by atoms with van der Waals surface area (Å²) >= 11 is 0. The molecule has 2 fully saturated rings. The molecule has 2 saturated heterocycles. The summed E-state index contributed by atoms with van der Waals surface area (Å²) in [5.41, 5.74) is 0.742. The van der Waals surface area contributed by atoms with Crippen LogP contribution in [0.15, 0.2) is 12.1 Å². The Balaban J connectivity index is 1.42. The van der Waals surface area contributed by atoms with Crippen LogP contribution in [0.25, 0.3) is 5.65 Å². The van der Waals surface area contributed by atoms with Crippen LogP contribution in [0.5, 0.6) is 0 Å². The van der Waals surface area contributed by atoms with Crippen molar-refractivity contribution in [2.45, 2.75) is 32.6 Å². The molecule has 0 spiro atoms. The van der Waals surface area contributed by atoms with Crippen LogP contribution in [0, 0.1) is 5.92 Å². The number of carbonyl (C=O) groups excluding carboxylic acids is 1. The molecule has 0 aliphatic carbocycles. The lowest BCUT2D eigenvalue weighted by molar-refractivity contribution is -0.132. The first-order valence-corrected chi connectivity index (χ1v) is 10.0. The van der Waals surface area contributed by atoms with Gasteiger partial charge in [0.2, 0.25) is 5.91 Å². The van der Waals surface area contributed by atoms with Crippen LogP contribution >= 0.6 is 0 Å². The maximum Gasteiger partial charge on any atom is 0.223 e. The second-order valence-electron chi connectivity index (χ2n) is 7.93. The van der Waals surface area contributed by atoms with Gasteiger partial charge in [-0.05, 0) is 37.9 Å². The largest absolute Gasteiger partial charge is 0.355 e. The number of fused-ring (bicyclic) bond motifs is 1. The molecule has 2 aliphatic heterocycles. The molecular formula is C19H29N7O. The third kappa shape index (κ3) is 4.05. The van der Waals surface area contributed by atoms with Gasteiger partial charge in [-0.1, -0.05) is 6.92 Å². The Kier molecular flexibility index (Phi) is 5.24. The van der Waals surface area contributed by atoms with Crippen molar-refractivity contribution in [1.82, 2.24) is 29.6 Å². The predicted octanol–water partition coefficient (Wildman–Crippen LogP) is 1.07. The molecule has 4 heterocycles. The first kappa shape index (κ1) is 18.2. The van der Waals surface area contributed by atoms with Crippen LogP contribution in [-0.2, 0) is 11.2 Å². The minimum Gasteiger partial charge on any atom is -0.355 e. The summed E-state index contributed by atoms with van der Waals surface area (Å²) in [6.07, 6.45) is 3.43. The zero-order chi connectivity index (χ0) is 18.8. The fourth-order valence-corrected chi connectivity index (χ4v) is 3.82. The number of rotatable bonds is 4. The zero-order valence-corrected chi connectivity index (χ0v) is 16.3. The van der Waals surface area contributed by atoms with Gasteiger partial charge in [0.25, 0.3) is 0 Å². The van der Waals surface area contributed by atoms with Gasteiger partial charge in [-0.3, -0.25) is 4.79 Å². The highest BCUT2D eigenvalue weighted by Gasteiger charge is 2.21. The second-order valence-corrected chi connectivity index (χ2v) is 7.93. The topological polar surface area (TPSA) is 69.9 Å². The van der Waals surface area contributed by atoms with E-state index in [9.17, 15) is 4.79 Å². The molecule has 27 heavy (non-hydrogen) atoms.